The first kappa shape index (κ1) is 33.0. The van der Waals surface area contributed by atoms with Crippen molar-refractivity contribution in [2.75, 3.05) is 13.1 Å². The number of thiophene rings is 3. The molecule has 3 aromatic rings. The van der Waals surface area contributed by atoms with E-state index in [2.05, 4.69) is 33.8 Å². The molecule has 2 saturated heterocycles. The number of nitriles is 4. The molecule has 0 bridgehead atoms. The summed E-state index contributed by atoms with van der Waals surface area (Å²) >= 11 is 6.95. The summed E-state index contributed by atoms with van der Waals surface area (Å²) in [6.07, 6.45) is 0. The van der Waals surface area contributed by atoms with Crippen LogP contribution in [0.2, 0.25) is 0 Å². The third-order valence-corrected chi connectivity index (χ3v) is 14.5. The van der Waals surface area contributed by atoms with Crippen LogP contribution in [0.5, 0.6) is 0 Å². The predicted molar refractivity (Wildman–Crippen MR) is 198 cm³/mol. The minimum atomic E-state index is -0.349. The smallest absolute Gasteiger partial charge is 0.284 e. The quantitative estimate of drug-likeness (QED) is 0.242. The molecule has 3 aromatic heterocycles. The van der Waals surface area contributed by atoms with Gasteiger partial charge in [-0.2, -0.15) is 21.0 Å². The van der Waals surface area contributed by atoms with Gasteiger partial charge in [0.15, 0.2) is 21.2 Å². The van der Waals surface area contributed by atoms with Crippen LogP contribution in [0.1, 0.15) is 62.4 Å². The summed E-state index contributed by atoms with van der Waals surface area (Å²) in [4.78, 5) is 41.1. The summed E-state index contributed by atoms with van der Waals surface area (Å²) in [5.74, 6) is -0.633. The number of allylic oxidation sites excluding steroid dienone is 4. The molecule has 2 aliphatic carbocycles. The maximum Gasteiger partial charge on any atom is 0.284 e. The van der Waals surface area contributed by atoms with Gasteiger partial charge in [-0.25, -0.2) is 9.98 Å². The molecule has 7 rings (SSSR count). The van der Waals surface area contributed by atoms with Crippen LogP contribution in [0.25, 0.3) is 20.5 Å². The molecule has 0 unspecified atom stereocenters. The van der Waals surface area contributed by atoms with Crippen LogP contribution in [-0.4, -0.2) is 44.8 Å². The molecule has 0 aromatic carbocycles. The predicted octanol–water partition coefficient (Wildman–Crippen LogP) is 8.29. The fraction of sp³-hybridized carbons (Fsp3) is 0.294. The third kappa shape index (κ3) is 4.61. The van der Waals surface area contributed by atoms with Crippen LogP contribution in [-0.2, 0) is 20.4 Å². The average Bonchev–Trinajstić information content (AvgIpc) is 3.90. The van der Waals surface area contributed by atoms with Gasteiger partial charge in [0.25, 0.3) is 11.8 Å². The van der Waals surface area contributed by atoms with E-state index in [1.54, 1.807) is 36.5 Å². The molecule has 0 saturated carbocycles. The van der Waals surface area contributed by atoms with Gasteiger partial charge in [0, 0.05) is 38.4 Å². The highest BCUT2D eigenvalue weighted by molar-refractivity contribution is 8.20. The number of fused-ring (bicyclic) bond motifs is 6. The highest BCUT2D eigenvalue weighted by Gasteiger charge is 2.53. The number of carbonyl (C=O) groups is 2. The second-order valence-electron chi connectivity index (χ2n) is 12.4. The number of hydrogen-bond acceptors (Lipinski definition) is 13. The Balaban J connectivity index is 1.26. The van der Waals surface area contributed by atoms with Crippen molar-refractivity contribution < 1.29 is 9.59 Å². The van der Waals surface area contributed by atoms with Crippen molar-refractivity contribution in [2.24, 2.45) is 9.98 Å². The summed E-state index contributed by atoms with van der Waals surface area (Å²) in [5.41, 5.74) is 4.07. The van der Waals surface area contributed by atoms with E-state index in [0.717, 1.165) is 43.4 Å². The lowest BCUT2D eigenvalue weighted by Gasteiger charge is -2.24. The summed E-state index contributed by atoms with van der Waals surface area (Å²) in [6.45, 7) is 13.2. The second-order valence-corrected chi connectivity index (χ2v) is 17.4. The largest absolute Gasteiger partial charge is 0.299 e. The fourth-order valence-corrected chi connectivity index (χ4v) is 13.4. The Labute approximate surface area is 302 Å². The van der Waals surface area contributed by atoms with E-state index >= 15 is 0 Å². The number of carbonyl (C=O) groups excluding carboxylic acids is 2. The van der Waals surface area contributed by atoms with Gasteiger partial charge < -0.3 is 0 Å². The van der Waals surface area contributed by atoms with Gasteiger partial charge in [0.1, 0.15) is 44.3 Å². The zero-order chi connectivity index (χ0) is 35.2. The van der Waals surface area contributed by atoms with Gasteiger partial charge in [-0.3, -0.25) is 19.4 Å². The Bertz CT molecular complexity index is 2390. The molecule has 242 valence electrons. The van der Waals surface area contributed by atoms with Crippen LogP contribution in [0.3, 0.4) is 0 Å². The second kappa shape index (κ2) is 11.6. The molecule has 10 nitrogen and oxygen atoms in total. The Morgan fingerprint density at radius 1 is 0.714 bits per heavy atom. The van der Waals surface area contributed by atoms with Crippen LogP contribution >= 0.6 is 57.5 Å². The van der Waals surface area contributed by atoms with E-state index in [4.69, 9.17) is 9.98 Å². The van der Waals surface area contributed by atoms with Crippen molar-refractivity contribution in [1.29, 1.82) is 21.0 Å². The lowest BCUT2D eigenvalue weighted by molar-refractivity contribution is -0.121. The lowest BCUT2D eigenvalue weighted by Crippen LogP contribution is -2.26. The minimum Gasteiger partial charge on any atom is -0.299 e. The Morgan fingerprint density at radius 2 is 1.20 bits per heavy atom. The molecule has 2 amide bonds. The van der Waals surface area contributed by atoms with Crippen molar-refractivity contribution >= 4 is 110 Å². The van der Waals surface area contributed by atoms with E-state index in [1.807, 2.05) is 30.3 Å². The molecule has 2 fully saturated rings. The molecule has 5 heterocycles. The van der Waals surface area contributed by atoms with E-state index < -0.39 is 0 Å². The molecule has 0 spiro atoms. The number of hydrogen-bond donors (Lipinski definition) is 0. The summed E-state index contributed by atoms with van der Waals surface area (Å²) < 4.78 is 2.22. The number of nitrogens with zero attached hydrogens (tertiary/aromatic N) is 8. The van der Waals surface area contributed by atoms with E-state index in [0.29, 0.717) is 33.1 Å². The maximum absolute atomic E-state index is 13.2. The Morgan fingerprint density at radius 3 is 1.69 bits per heavy atom. The van der Waals surface area contributed by atoms with Gasteiger partial charge in [-0.1, -0.05) is 27.7 Å². The first-order chi connectivity index (χ1) is 23.4. The molecule has 49 heavy (non-hydrogen) atoms. The number of thioether (sulfide) groups is 2. The van der Waals surface area contributed by atoms with Gasteiger partial charge >= 0.3 is 0 Å². The standard InChI is InChI=1S/C34H24N8O2S5/c1-7-41-29(43)27(48-31(41)15(11-35)12-36)39-19-9-17-24(46-19)21-22(33(17,3)4)26-23(34(21,5)6)25-18(45-26)10-20(47-25)40-28-30(44)42(8-2)32(49-28)16(13-37)14-38/h9-10H,7-8H2,1-6H3. The highest BCUT2D eigenvalue weighted by Crippen LogP contribution is 2.68. The van der Waals surface area contributed by atoms with Crippen molar-refractivity contribution in [1.82, 2.24) is 9.80 Å². The topological polar surface area (TPSA) is 160 Å². The van der Waals surface area contributed by atoms with Gasteiger partial charge in [0.05, 0.1) is 4.70 Å². The molecule has 0 radical (unpaired) electrons. The van der Waals surface area contributed by atoms with E-state index in [9.17, 15) is 30.6 Å². The van der Waals surface area contributed by atoms with Gasteiger partial charge in [-0.15, -0.1) is 34.0 Å². The van der Waals surface area contributed by atoms with Gasteiger partial charge in [-0.05, 0) is 71.8 Å². The molecule has 0 atom stereocenters. The van der Waals surface area contributed by atoms with E-state index in [1.165, 1.54) is 42.7 Å². The monoisotopic (exact) mass is 736 g/mol. The minimum absolute atomic E-state index is 0.103. The van der Waals surface area contributed by atoms with Gasteiger partial charge in [0.2, 0.25) is 0 Å². The van der Waals surface area contributed by atoms with Crippen molar-refractivity contribution in [2.45, 2.75) is 52.4 Å². The Kier molecular flexibility index (Phi) is 7.79. The van der Waals surface area contributed by atoms with E-state index in [-0.39, 0.29) is 43.9 Å². The normalized spacial score (nSPS) is 20.2. The lowest BCUT2D eigenvalue weighted by atomic mass is 9.81. The van der Waals surface area contributed by atoms with Crippen LogP contribution in [0.15, 0.2) is 43.3 Å². The average molecular weight is 737 g/mol. The van der Waals surface area contributed by atoms with Crippen LogP contribution < -0.4 is 0 Å². The zero-order valence-electron chi connectivity index (χ0n) is 27.0. The van der Waals surface area contributed by atoms with Crippen molar-refractivity contribution in [3.8, 4) is 24.3 Å². The Hall–Kier alpha value is -4.48. The number of aliphatic imine (C=N–C) groups is 2. The highest BCUT2D eigenvalue weighted by atomic mass is 32.2. The van der Waals surface area contributed by atoms with Crippen LogP contribution in [0.4, 0.5) is 10.0 Å². The molecular weight excluding hydrogens is 713 g/mol. The maximum atomic E-state index is 13.2. The first-order valence-electron chi connectivity index (χ1n) is 15.1. The molecule has 15 heteroatoms. The molecule has 4 aliphatic rings. The fourth-order valence-electron chi connectivity index (χ4n) is 6.76. The molecular formula is C34H24N8O2S5. The third-order valence-electron chi connectivity index (χ3n) is 8.99. The van der Waals surface area contributed by atoms with Crippen molar-refractivity contribution in [3.63, 3.8) is 0 Å². The zero-order valence-corrected chi connectivity index (χ0v) is 31.1. The molecule has 2 aliphatic heterocycles. The molecule has 0 N–H and O–H groups in total. The summed E-state index contributed by atoms with van der Waals surface area (Å²) in [7, 11) is 0. The first-order valence-corrected chi connectivity index (χ1v) is 19.2. The van der Waals surface area contributed by atoms with Crippen LogP contribution in [0, 0.1) is 45.3 Å². The number of amides is 2. The number of rotatable bonds is 4. The SMILES string of the molecule is CCN1C(=O)C(=Nc2cc3c(s2)C2=C(c4sc5cc(N=C6SC(=C(C#N)C#N)N(CC)C6=O)sc5c4C2(C)C)C3(C)C)SC1=C(C#N)C#N. The summed E-state index contributed by atoms with van der Waals surface area (Å²) in [6, 6.07) is 11.6. The van der Waals surface area contributed by atoms with Crippen molar-refractivity contribution in [3.05, 3.63) is 54.2 Å². The summed E-state index contributed by atoms with van der Waals surface area (Å²) in [5, 5.41) is 40.2.